The van der Waals surface area contributed by atoms with Gasteiger partial charge in [-0.1, -0.05) is 35.7 Å². The van der Waals surface area contributed by atoms with Gasteiger partial charge in [0.2, 0.25) is 5.95 Å². The number of para-hydroxylation sites is 1. The Morgan fingerprint density at radius 3 is 2.60 bits per heavy atom. The molecule has 0 saturated carbocycles. The predicted octanol–water partition coefficient (Wildman–Crippen LogP) is 3.33. The van der Waals surface area contributed by atoms with Crippen LogP contribution in [0.3, 0.4) is 0 Å². The van der Waals surface area contributed by atoms with Crippen LogP contribution in [0.4, 0.5) is 11.6 Å². The maximum atomic E-state index is 14.0. The third kappa shape index (κ3) is 5.48. The second-order valence-corrected chi connectivity index (χ2v) is 11.8. The van der Waals surface area contributed by atoms with Gasteiger partial charge in [-0.2, -0.15) is 4.98 Å². The average Bonchev–Trinajstić information content (AvgIpc) is 3.58. The lowest BCUT2D eigenvalue weighted by atomic mass is 10.0. The van der Waals surface area contributed by atoms with E-state index in [-0.39, 0.29) is 48.7 Å². The Kier molecular flexibility index (Phi) is 8.47. The van der Waals surface area contributed by atoms with Gasteiger partial charge in [-0.3, -0.25) is 43.0 Å². The smallest absolute Gasteiger partial charge is 0.332 e. The fourth-order valence-corrected chi connectivity index (χ4v) is 6.48. The van der Waals surface area contributed by atoms with Crippen molar-refractivity contribution in [3.63, 3.8) is 0 Å². The molecule has 2 amide bonds. The van der Waals surface area contributed by atoms with Crippen molar-refractivity contribution in [3.8, 4) is 11.8 Å². The van der Waals surface area contributed by atoms with Gasteiger partial charge in [-0.15, -0.1) is 5.92 Å². The van der Waals surface area contributed by atoms with Gasteiger partial charge < -0.3 is 4.90 Å². The van der Waals surface area contributed by atoms with Crippen molar-refractivity contribution in [1.29, 1.82) is 0 Å². The molecule has 12 nitrogen and oxygen atoms in total. The van der Waals surface area contributed by atoms with E-state index in [1.807, 2.05) is 49.1 Å². The molecule has 2 aliphatic heterocycles. The summed E-state index contributed by atoms with van der Waals surface area (Å²) in [5, 5.41) is 0. The molecular formula is C35H36N8O4. The van der Waals surface area contributed by atoms with E-state index < -0.39 is 11.2 Å². The number of aromatic nitrogens is 4. The predicted molar refractivity (Wildman–Crippen MR) is 182 cm³/mol. The van der Waals surface area contributed by atoms with Gasteiger partial charge in [0.05, 0.1) is 42.5 Å². The van der Waals surface area contributed by atoms with Crippen molar-refractivity contribution in [1.82, 2.24) is 23.6 Å². The molecule has 0 radical (unpaired) electrons. The maximum Gasteiger partial charge on any atom is 0.332 e. The van der Waals surface area contributed by atoms with Gasteiger partial charge in [-0.05, 0) is 58.5 Å². The fourth-order valence-electron chi connectivity index (χ4n) is 6.48. The molecule has 1 atom stereocenters. The Morgan fingerprint density at radius 1 is 1.06 bits per heavy atom. The maximum absolute atomic E-state index is 14.0. The monoisotopic (exact) mass is 632 g/mol. The number of fused-ring (bicyclic) bond motifs is 2. The molecule has 1 unspecified atom stereocenters. The Labute approximate surface area is 271 Å². The van der Waals surface area contributed by atoms with Crippen molar-refractivity contribution < 1.29 is 9.59 Å². The molecule has 2 aromatic carbocycles. The van der Waals surface area contributed by atoms with Crippen molar-refractivity contribution >= 4 is 47.0 Å². The topological polar surface area (TPSA) is 127 Å². The molecule has 0 N–H and O–H groups in total. The van der Waals surface area contributed by atoms with E-state index in [1.54, 1.807) is 30.7 Å². The number of hydrogen-bond acceptors (Lipinski definition) is 8. The van der Waals surface area contributed by atoms with Gasteiger partial charge in [0.1, 0.15) is 0 Å². The van der Waals surface area contributed by atoms with E-state index in [1.165, 1.54) is 14.0 Å². The van der Waals surface area contributed by atoms with Crippen LogP contribution in [0, 0.1) is 18.8 Å². The first-order valence-electron chi connectivity index (χ1n) is 15.6. The highest BCUT2D eigenvalue weighted by Crippen LogP contribution is 2.31. The van der Waals surface area contributed by atoms with Crippen LogP contribution in [-0.2, 0) is 20.1 Å². The Balaban J connectivity index is 1.34. The highest BCUT2D eigenvalue weighted by Gasteiger charge is 2.42. The van der Waals surface area contributed by atoms with Crippen molar-refractivity contribution in [2.24, 2.45) is 17.0 Å². The van der Waals surface area contributed by atoms with E-state index in [0.29, 0.717) is 48.7 Å². The molecule has 0 spiro atoms. The second-order valence-electron chi connectivity index (χ2n) is 11.8. The quantitative estimate of drug-likeness (QED) is 0.167. The molecule has 240 valence electrons. The fraction of sp³-hybridized carbons (Fsp3) is 0.343. The zero-order chi connectivity index (χ0) is 33.4. The molecule has 0 aliphatic carbocycles. The third-order valence-electron chi connectivity index (χ3n) is 8.88. The van der Waals surface area contributed by atoms with Crippen LogP contribution in [0.15, 0.2) is 62.0 Å². The van der Waals surface area contributed by atoms with Crippen LogP contribution in [0.2, 0.25) is 0 Å². The molecule has 2 aromatic heterocycles. The molecule has 6 rings (SSSR count). The highest BCUT2D eigenvalue weighted by molar-refractivity contribution is 6.21. The summed E-state index contributed by atoms with van der Waals surface area (Å²) in [6.07, 6.45) is 1.35. The lowest BCUT2D eigenvalue weighted by molar-refractivity contribution is 0.0569. The number of aryl methyl sites for hydroxylation is 2. The van der Waals surface area contributed by atoms with E-state index >= 15 is 0 Å². The zero-order valence-electron chi connectivity index (χ0n) is 27.0. The summed E-state index contributed by atoms with van der Waals surface area (Å²) in [5.41, 5.74) is 3.52. The zero-order valence-corrected chi connectivity index (χ0v) is 27.0. The second kappa shape index (κ2) is 12.7. The minimum Gasteiger partial charge on any atom is -0.340 e. The number of imidazole rings is 1. The lowest BCUT2D eigenvalue weighted by Crippen LogP contribution is -2.50. The minimum atomic E-state index is -0.501. The number of carbonyl (C=O) groups excluding carboxylic acids is 2. The van der Waals surface area contributed by atoms with Crippen LogP contribution >= 0.6 is 0 Å². The van der Waals surface area contributed by atoms with Gasteiger partial charge >= 0.3 is 5.69 Å². The molecule has 12 heteroatoms. The van der Waals surface area contributed by atoms with Crippen LogP contribution in [-0.4, -0.2) is 73.5 Å². The molecule has 4 aromatic rings. The van der Waals surface area contributed by atoms with Crippen molar-refractivity contribution in [2.45, 2.75) is 52.7 Å². The molecule has 1 fully saturated rings. The number of nitrogens with zero attached hydrogens (tertiary/aromatic N) is 8. The number of aliphatic imine (C=N–C) groups is 2. The lowest BCUT2D eigenvalue weighted by Gasteiger charge is -2.37. The van der Waals surface area contributed by atoms with Crippen LogP contribution in [0.5, 0.6) is 0 Å². The van der Waals surface area contributed by atoms with Gasteiger partial charge in [0.15, 0.2) is 11.2 Å². The van der Waals surface area contributed by atoms with Crippen LogP contribution in [0.1, 0.15) is 58.5 Å². The van der Waals surface area contributed by atoms with E-state index in [0.717, 1.165) is 16.8 Å². The summed E-state index contributed by atoms with van der Waals surface area (Å²) < 4.78 is 4.29. The summed E-state index contributed by atoms with van der Waals surface area (Å²) in [5.74, 6) is 5.81. The largest absolute Gasteiger partial charge is 0.340 e. The van der Waals surface area contributed by atoms with Gasteiger partial charge in [-0.25, -0.2) is 4.79 Å². The third-order valence-corrected chi connectivity index (χ3v) is 8.88. The standard InChI is InChI=1S/C35H36N8O4/c1-6-7-18-41-29-30(39(5)35(47)42(33(29)46)19-16-37-23(3)25-12-8-9-13-28(25)36-4)38-34(41)40-17-10-11-24(21-40)43-31(44)26-15-14-22(2)20-27(26)32(43)45/h8-9,12-15,20,24H,4,10-11,16-19,21H2,1-3,5H3. The SMILES string of the molecule is C=Nc1ccccc1C(C)=NCCn1c(=O)c2c(nc(N3CCCC(N4C(=O)c5ccc(C)cc5C4=O)C3)n2CC#CC)n(C)c1=O. The Bertz CT molecular complexity index is 2160. The Morgan fingerprint density at radius 2 is 1.83 bits per heavy atom. The van der Waals surface area contributed by atoms with Gasteiger partial charge in [0, 0.05) is 31.4 Å². The highest BCUT2D eigenvalue weighted by atomic mass is 16.2. The van der Waals surface area contributed by atoms with Crippen molar-refractivity contribution in [2.75, 3.05) is 24.5 Å². The summed E-state index contributed by atoms with van der Waals surface area (Å²) >= 11 is 0. The number of rotatable bonds is 8. The molecule has 47 heavy (non-hydrogen) atoms. The van der Waals surface area contributed by atoms with E-state index in [4.69, 9.17) is 4.98 Å². The summed E-state index contributed by atoms with van der Waals surface area (Å²) in [6, 6.07) is 12.4. The number of anilines is 1. The molecule has 1 saturated heterocycles. The summed E-state index contributed by atoms with van der Waals surface area (Å²) in [6.45, 7) is 10.5. The van der Waals surface area contributed by atoms with Crippen LogP contribution < -0.4 is 16.1 Å². The average molecular weight is 633 g/mol. The number of amides is 2. The number of carbonyl (C=O) groups is 2. The minimum absolute atomic E-state index is 0.0629. The van der Waals surface area contributed by atoms with E-state index in [9.17, 15) is 19.2 Å². The normalized spacial score (nSPS) is 16.4. The first-order valence-corrected chi connectivity index (χ1v) is 15.6. The summed E-state index contributed by atoms with van der Waals surface area (Å²) in [7, 11) is 1.59. The van der Waals surface area contributed by atoms with Crippen molar-refractivity contribution in [3.05, 3.63) is 85.6 Å². The van der Waals surface area contributed by atoms with Crippen LogP contribution in [0.25, 0.3) is 11.2 Å². The Hall–Kier alpha value is -5.57. The molecule has 0 bridgehead atoms. The number of benzene rings is 2. The number of hydrogen-bond donors (Lipinski definition) is 0. The number of imide groups is 1. The first kappa shape index (κ1) is 31.4. The summed E-state index contributed by atoms with van der Waals surface area (Å²) in [4.78, 5) is 71.1. The van der Waals surface area contributed by atoms with Gasteiger partial charge in [0.25, 0.3) is 17.4 Å². The van der Waals surface area contributed by atoms with E-state index in [2.05, 4.69) is 28.5 Å². The first-order chi connectivity index (χ1) is 22.7. The molecular weight excluding hydrogens is 596 g/mol. The molecule has 2 aliphatic rings. The number of piperidine rings is 1. The molecule has 4 heterocycles.